The summed E-state index contributed by atoms with van der Waals surface area (Å²) in [5.74, 6) is 0.986. The van der Waals surface area contributed by atoms with Gasteiger partial charge in [-0.2, -0.15) is 0 Å². The van der Waals surface area contributed by atoms with Gasteiger partial charge in [0.15, 0.2) is 0 Å². The molecule has 0 radical (unpaired) electrons. The second kappa shape index (κ2) is 10.2. The van der Waals surface area contributed by atoms with Crippen LogP contribution in [0.5, 0.6) is 0 Å². The van der Waals surface area contributed by atoms with E-state index in [-0.39, 0.29) is 17.4 Å². The van der Waals surface area contributed by atoms with Crippen LogP contribution in [0.2, 0.25) is 0 Å². The summed E-state index contributed by atoms with van der Waals surface area (Å²) >= 11 is 0. The zero-order chi connectivity index (χ0) is 16.5. The third-order valence-electron chi connectivity index (χ3n) is 4.11. The van der Waals surface area contributed by atoms with Gasteiger partial charge in [-0.3, -0.25) is 4.79 Å². The van der Waals surface area contributed by atoms with E-state index in [1.165, 1.54) is 0 Å². The normalized spacial score (nSPS) is 15.0. The van der Waals surface area contributed by atoms with Gasteiger partial charge in [-0.05, 0) is 43.6 Å². The minimum absolute atomic E-state index is 0.0973. The summed E-state index contributed by atoms with van der Waals surface area (Å²) in [7, 11) is 0. The van der Waals surface area contributed by atoms with Crippen LogP contribution in [0.25, 0.3) is 0 Å². The highest BCUT2D eigenvalue weighted by atomic mass is 16.5. The van der Waals surface area contributed by atoms with Crippen molar-refractivity contribution in [1.29, 1.82) is 0 Å². The Bertz CT molecular complexity index is 285. The summed E-state index contributed by atoms with van der Waals surface area (Å²) in [4.78, 5) is 12.2. The first-order valence-corrected chi connectivity index (χ1v) is 8.29. The molecule has 0 saturated heterocycles. The lowest BCUT2D eigenvalue weighted by atomic mass is 9.76. The van der Waals surface area contributed by atoms with E-state index in [9.17, 15) is 4.79 Å². The molecule has 0 aliphatic rings. The van der Waals surface area contributed by atoms with Gasteiger partial charge in [0, 0.05) is 13.0 Å². The van der Waals surface area contributed by atoms with Gasteiger partial charge in [0.1, 0.15) is 0 Å². The number of carbonyl (C=O) groups excluding carboxylic acids is 1. The first-order valence-electron chi connectivity index (χ1n) is 8.29. The standard InChI is InChI=1S/C17H36N2O2/c1-7-21-12-15(13(2)3)19-16(20)9-8-14(10-11-18)17(4,5)6/h13-15H,7-12,18H2,1-6H3,(H,19,20). The average molecular weight is 300 g/mol. The third-order valence-corrected chi connectivity index (χ3v) is 4.11. The van der Waals surface area contributed by atoms with Gasteiger partial charge in [-0.1, -0.05) is 34.6 Å². The molecular weight excluding hydrogens is 264 g/mol. The number of hydrogen-bond acceptors (Lipinski definition) is 3. The monoisotopic (exact) mass is 300 g/mol. The molecule has 0 spiro atoms. The molecule has 126 valence electrons. The van der Waals surface area contributed by atoms with E-state index in [1.54, 1.807) is 0 Å². The molecule has 3 N–H and O–H groups in total. The van der Waals surface area contributed by atoms with Crippen molar-refractivity contribution in [3.63, 3.8) is 0 Å². The summed E-state index contributed by atoms with van der Waals surface area (Å²) in [6, 6.07) is 0.0973. The molecule has 0 aliphatic carbocycles. The summed E-state index contributed by atoms with van der Waals surface area (Å²) in [6.45, 7) is 14.8. The van der Waals surface area contributed by atoms with Crippen molar-refractivity contribution in [2.75, 3.05) is 19.8 Å². The fraction of sp³-hybridized carbons (Fsp3) is 0.941. The van der Waals surface area contributed by atoms with E-state index < -0.39 is 0 Å². The summed E-state index contributed by atoms with van der Waals surface area (Å²) < 4.78 is 5.44. The maximum Gasteiger partial charge on any atom is 0.220 e. The van der Waals surface area contributed by atoms with E-state index in [0.29, 0.717) is 38.0 Å². The Labute approximate surface area is 131 Å². The molecule has 0 aliphatic heterocycles. The lowest BCUT2D eigenvalue weighted by molar-refractivity contribution is -0.123. The van der Waals surface area contributed by atoms with Gasteiger partial charge < -0.3 is 15.8 Å². The molecule has 0 saturated carbocycles. The van der Waals surface area contributed by atoms with Gasteiger partial charge in [0.2, 0.25) is 5.91 Å². The van der Waals surface area contributed by atoms with Crippen LogP contribution in [0, 0.1) is 17.3 Å². The predicted molar refractivity (Wildman–Crippen MR) is 89.1 cm³/mol. The van der Waals surface area contributed by atoms with E-state index in [2.05, 4.69) is 39.9 Å². The third kappa shape index (κ3) is 9.10. The lowest BCUT2D eigenvalue weighted by Gasteiger charge is -2.30. The molecule has 2 atom stereocenters. The summed E-state index contributed by atoms with van der Waals surface area (Å²) in [5.41, 5.74) is 5.89. The van der Waals surface area contributed by atoms with E-state index in [0.717, 1.165) is 12.8 Å². The largest absolute Gasteiger partial charge is 0.380 e. The van der Waals surface area contributed by atoms with Crippen molar-refractivity contribution in [2.24, 2.45) is 23.0 Å². The molecule has 2 unspecified atom stereocenters. The van der Waals surface area contributed by atoms with Crippen LogP contribution in [0.3, 0.4) is 0 Å². The second-order valence-electron chi connectivity index (χ2n) is 7.26. The number of nitrogens with one attached hydrogen (secondary N) is 1. The number of amides is 1. The topological polar surface area (TPSA) is 64.3 Å². The molecule has 4 nitrogen and oxygen atoms in total. The Morgan fingerprint density at radius 2 is 1.86 bits per heavy atom. The predicted octanol–water partition coefficient (Wildman–Crippen LogP) is 2.96. The van der Waals surface area contributed by atoms with Crippen molar-refractivity contribution < 1.29 is 9.53 Å². The molecule has 0 aromatic rings. The molecule has 0 rings (SSSR count). The molecule has 4 heteroatoms. The van der Waals surface area contributed by atoms with Crippen LogP contribution < -0.4 is 11.1 Å². The fourth-order valence-electron chi connectivity index (χ4n) is 2.44. The maximum atomic E-state index is 12.2. The van der Waals surface area contributed by atoms with Crippen LogP contribution in [-0.4, -0.2) is 31.7 Å². The maximum absolute atomic E-state index is 12.2. The van der Waals surface area contributed by atoms with E-state index in [4.69, 9.17) is 10.5 Å². The highest BCUT2D eigenvalue weighted by Gasteiger charge is 2.25. The Balaban J connectivity index is 4.33. The van der Waals surface area contributed by atoms with Crippen LogP contribution in [0.1, 0.15) is 60.8 Å². The molecule has 1 amide bonds. The molecular formula is C17H36N2O2. The zero-order valence-corrected chi connectivity index (χ0v) is 14.9. The van der Waals surface area contributed by atoms with Gasteiger partial charge in [0.25, 0.3) is 0 Å². The number of ether oxygens (including phenoxy) is 1. The second-order valence-corrected chi connectivity index (χ2v) is 7.26. The van der Waals surface area contributed by atoms with Crippen LogP contribution in [-0.2, 0) is 9.53 Å². The van der Waals surface area contributed by atoms with E-state index in [1.807, 2.05) is 6.92 Å². The highest BCUT2D eigenvalue weighted by molar-refractivity contribution is 5.76. The average Bonchev–Trinajstić information content (AvgIpc) is 2.37. The van der Waals surface area contributed by atoms with Crippen molar-refractivity contribution in [3.8, 4) is 0 Å². The van der Waals surface area contributed by atoms with Gasteiger partial charge in [-0.15, -0.1) is 0 Å². The van der Waals surface area contributed by atoms with Gasteiger partial charge in [0.05, 0.1) is 12.6 Å². The van der Waals surface area contributed by atoms with Crippen LogP contribution in [0.15, 0.2) is 0 Å². The Kier molecular flexibility index (Phi) is 9.88. The van der Waals surface area contributed by atoms with Crippen molar-refractivity contribution in [1.82, 2.24) is 5.32 Å². The first-order chi connectivity index (χ1) is 9.72. The first kappa shape index (κ1) is 20.4. The van der Waals surface area contributed by atoms with Crippen LogP contribution in [0.4, 0.5) is 0 Å². The zero-order valence-electron chi connectivity index (χ0n) is 14.9. The van der Waals surface area contributed by atoms with E-state index >= 15 is 0 Å². The number of nitrogens with two attached hydrogens (primary N) is 1. The van der Waals surface area contributed by atoms with Crippen LogP contribution >= 0.6 is 0 Å². The Morgan fingerprint density at radius 3 is 2.29 bits per heavy atom. The SMILES string of the molecule is CCOCC(NC(=O)CCC(CCN)C(C)(C)C)C(C)C. The van der Waals surface area contributed by atoms with Gasteiger partial charge >= 0.3 is 0 Å². The Morgan fingerprint density at radius 1 is 1.24 bits per heavy atom. The van der Waals surface area contributed by atoms with Crippen molar-refractivity contribution in [3.05, 3.63) is 0 Å². The minimum atomic E-state index is 0.0973. The molecule has 0 aromatic carbocycles. The van der Waals surface area contributed by atoms with Crippen molar-refractivity contribution in [2.45, 2.75) is 66.8 Å². The van der Waals surface area contributed by atoms with Crippen molar-refractivity contribution >= 4 is 5.91 Å². The smallest absolute Gasteiger partial charge is 0.220 e. The molecule has 0 fully saturated rings. The minimum Gasteiger partial charge on any atom is -0.380 e. The highest BCUT2D eigenvalue weighted by Crippen LogP contribution is 2.32. The lowest BCUT2D eigenvalue weighted by Crippen LogP contribution is -2.42. The summed E-state index contributed by atoms with van der Waals surface area (Å²) in [6.07, 6.45) is 2.44. The quantitative estimate of drug-likeness (QED) is 0.652. The molecule has 0 heterocycles. The molecule has 0 bridgehead atoms. The summed E-state index contributed by atoms with van der Waals surface area (Å²) in [5, 5.41) is 3.10. The number of rotatable bonds is 10. The Hall–Kier alpha value is -0.610. The number of hydrogen-bond donors (Lipinski definition) is 2. The fourth-order valence-corrected chi connectivity index (χ4v) is 2.44. The number of carbonyl (C=O) groups is 1. The molecule has 21 heavy (non-hydrogen) atoms. The molecule has 0 aromatic heterocycles. The van der Waals surface area contributed by atoms with Gasteiger partial charge in [-0.25, -0.2) is 0 Å².